The lowest BCUT2D eigenvalue weighted by atomic mass is 10.1. The zero-order valence-electron chi connectivity index (χ0n) is 15.5. The summed E-state index contributed by atoms with van der Waals surface area (Å²) < 4.78 is 6.10. The third kappa shape index (κ3) is 3.97. The molecule has 2 heterocycles. The van der Waals surface area contributed by atoms with Gasteiger partial charge >= 0.3 is 0 Å². The van der Waals surface area contributed by atoms with E-state index in [0.717, 1.165) is 31.4 Å². The molecule has 2 amide bonds. The minimum absolute atomic E-state index is 0.00353. The molecule has 136 valence electrons. The predicted molar refractivity (Wildman–Crippen MR) is 96.6 cm³/mol. The second-order valence-corrected chi connectivity index (χ2v) is 7.26. The van der Waals surface area contributed by atoms with E-state index in [-0.39, 0.29) is 24.0 Å². The molecule has 1 atom stereocenters. The first-order valence-electron chi connectivity index (χ1n) is 9.25. The van der Waals surface area contributed by atoms with Crippen LogP contribution < -0.4 is 4.74 Å². The summed E-state index contributed by atoms with van der Waals surface area (Å²) >= 11 is 0. The standard InChI is InChI=1S/C20H28N2O3/c1-14-6-7-18(13-15(14)2)25-17-8-11-21(12-9-17)20(24)19-5-4-10-22(19)16(3)23/h6-7,13,17,19H,4-5,8-12H2,1-3H3. The third-order valence-electron chi connectivity index (χ3n) is 5.48. The molecule has 0 saturated carbocycles. The van der Waals surface area contributed by atoms with Crippen LogP contribution in [0.3, 0.4) is 0 Å². The van der Waals surface area contributed by atoms with Crippen LogP contribution in [0.4, 0.5) is 0 Å². The molecule has 0 radical (unpaired) electrons. The van der Waals surface area contributed by atoms with Crippen LogP contribution in [-0.4, -0.2) is 53.4 Å². The number of carbonyl (C=O) groups is 2. The first-order valence-corrected chi connectivity index (χ1v) is 9.25. The lowest BCUT2D eigenvalue weighted by Gasteiger charge is -2.35. The quantitative estimate of drug-likeness (QED) is 0.847. The van der Waals surface area contributed by atoms with Gasteiger partial charge in [-0.1, -0.05) is 6.07 Å². The Morgan fingerprint density at radius 2 is 1.76 bits per heavy atom. The molecule has 25 heavy (non-hydrogen) atoms. The summed E-state index contributed by atoms with van der Waals surface area (Å²) in [6.45, 7) is 7.85. The Bertz CT molecular complexity index is 650. The molecule has 5 nitrogen and oxygen atoms in total. The molecule has 2 saturated heterocycles. The Hall–Kier alpha value is -2.04. The second kappa shape index (κ2) is 7.46. The number of ether oxygens (including phenoxy) is 1. The number of aryl methyl sites for hydroxylation is 2. The summed E-state index contributed by atoms with van der Waals surface area (Å²) in [7, 11) is 0. The van der Waals surface area contributed by atoms with Crippen LogP contribution >= 0.6 is 0 Å². The normalized spacial score (nSPS) is 21.5. The SMILES string of the molecule is CC(=O)N1CCCC1C(=O)N1CCC(Oc2ccc(C)c(C)c2)CC1. The highest BCUT2D eigenvalue weighted by Gasteiger charge is 2.36. The van der Waals surface area contributed by atoms with Gasteiger partial charge < -0.3 is 14.5 Å². The van der Waals surface area contributed by atoms with Crippen LogP contribution in [0.5, 0.6) is 5.75 Å². The average Bonchev–Trinajstić information content (AvgIpc) is 3.08. The lowest BCUT2D eigenvalue weighted by molar-refractivity contribution is -0.144. The van der Waals surface area contributed by atoms with E-state index in [1.165, 1.54) is 11.1 Å². The predicted octanol–water partition coefficient (Wildman–Crippen LogP) is 2.68. The van der Waals surface area contributed by atoms with Crippen molar-refractivity contribution in [3.05, 3.63) is 29.3 Å². The van der Waals surface area contributed by atoms with Gasteiger partial charge in [0.05, 0.1) is 0 Å². The fourth-order valence-corrected chi connectivity index (χ4v) is 3.78. The number of benzene rings is 1. The van der Waals surface area contributed by atoms with E-state index in [9.17, 15) is 9.59 Å². The van der Waals surface area contributed by atoms with Gasteiger partial charge in [-0.25, -0.2) is 0 Å². The fraction of sp³-hybridized carbons (Fsp3) is 0.600. The monoisotopic (exact) mass is 344 g/mol. The number of likely N-dealkylation sites (tertiary alicyclic amines) is 2. The topological polar surface area (TPSA) is 49.9 Å². The smallest absolute Gasteiger partial charge is 0.245 e. The number of amides is 2. The number of hydrogen-bond donors (Lipinski definition) is 0. The molecular formula is C20H28N2O3. The molecule has 0 N–H and O–H groups in total. The number of rotatable bonds is 3. The van der Waals surface area contributed by atoms with Crippen molar-refractivity contribution in [2.24, 2.45) is 0 Å². The Morgan fingerprint density at radius 3 is 2.40 bits per heavy atom. The van der Waals surface area contributed by atoms with Crippen LogP contribution in [-0.2, 0) is 9.59 Å². The van der Waals surface area contributed by atoms with Crippen molar-refractivity contribution in [1.82, 2.24) is 9.80 Å². The van der Waals surface area contributed by atoms with Crippen molar-refractivity contribution in [3.63, 3.8) is 0 Å². The molecular weight excluding hydrogens is 316 g/mol. The van der Waals surface area contributed by atoms with Crippen LogP contribution in [0.1, 0.15) is 43.7 Å². The third-order valence-corrected chi connectivity index (χ3v) is 5.48. The zero-order chi connectivity index (χ0) is 18.0. The summed E-state index contributed by atoms with van der Waals surface area (Å²) in [5.41, 5.74) is 2.50. The molecule has 1 unspecified atom stereocenters. The minimum atomic E-state index is -0.255. The van der Waals surface area contributed by atoms with Crippen LogP contribution in [0, 0.1) is 13.8 Å². The van der Waals surface area contributed by atoms with Crippen molar-refractivity contribution in [3.8, 4) is 5.75 Å². The highest BCUT2D eigenvalue weighted by atomic mass is 16.5. The highest BCUT2D eigenvalue weighted by molar-refractivity contribution is 5.87. The number of carbonyl (C=O) groups excluding carboxylic acids is 2. The maximum atomic E-state index is 12.8. The molecule has 3 rings (SSSR count). The van der Waals surface area contributed by atoms with E-state index in [0.29, 0.717) is 19.6 Å². The Labute approximate surface area is 149 Å². The first-order chi connectivity index (χ1) is 12.0. The van der Waals surface area contributed by atoms with E-state index in [2.05, 4.69) is 26.0 Å². The van der Waals surface area contributed by atoms with Gasteiger partial charge in [0.1, 0.15) is 17.9 Å². The first kappa shape index (κ1) is 17.8. The van der Waals surface area contributed by atoms with Gasteiger partial charge in [0.2, 0.25) is 11.8 Å². The molecule has 0 bridgehead atoms. The Balaban J connectivity index is 1.53. The van der Waals surface area contributed by atoms with E-state index in [1.807, 2.05) is 11.0 Å². The molecule has 2 aliphatic heterocycles. The zero-order valence-corrected chi connectivity index (χ0v) is 15.5. The summed E-state index contributed by atoms with van der Waals surface area (Å²) in [4.78, 5) is 28.1. The van der Waals surface area contributed by atoms with Gasteiger partial charge in [-0.05, 0) is 49.9 Å². The van der Waals surface area contributed by atoms with Gasteiger partial charge in [-0.2, -0.15) is 0 Å². The minimum Gasteiger partial charge on any atom is -0.490 e. The largest absolute Gasteiger partial charge is 0.490 e. The van der Waals surface area contributed by atoms with Crippen LogP contribution in [0.2, 0.25) is 0 Å². The van der Waals surface area contributed by atoms with Crippen molar-refractivity contribution in [2.75, 3.05) is 19.6 Å². The Kier molecular flexibility index (Phi) is 5.30. The van der Waals surface area contributed by atoms with Crippen molar-refractivity contribution in [2.45, 2.75) is 58.6 Å². The average molecular weight is 344 g/mol. The van der Waals surface area contributed by atoms with E-state index in [4.69, 9.17) is 4.74 Å². The molecule has 0 aromatic heterocycles. The van der Waals surface area contributed by atoms with Gasteiger partial charge in [0, 0.05) is 39.4 Å². The van der Waals surface area contributed by atoms with Crippen molar-refractivity contribution >= 4 is 11.8 Å². The van der Waals surface area contributed by atoms with E-state index >= 15 is 0 Å². The second-order valence-electron chi connectivity index (χ2n) is 7.26. The van der Waals surface area contributed by atoms with Gasteiger partial charge in [-0.3, -0.25) is 9.59 Å². The fourth-order valence-electron chi connectivity index (χ4n) is 3.78. The van der Waals surface area contributed by atoms with Crippen LogP contribution in [0.25, 0.3) is 0 Å². The summed E-state index contributed by atoms with van der Waals surface area (Å²) in [6, 6.07) is 5.92. The molecule has 0 spiro atoms. The maximum Gasteiger partial charge on any atom is 0.245 e. The maximum absolute atomic E-state index is 12.8. The van der Waals surface area contributed by atoms with Gasteiger partial charge in [0.25, 0.3) is 0 Å². The summed E-state index contributed by atoms with van der Waals surface area (Å²) in [6.07, 6.45) is 3.54. The van der Waals surface area contributed by atoms with Gasteiger partial charge in [-0.15, -0.1) is 0 Å². The summed E-state index contributed by atoms with van der Waals surface area (Å²) in [5, 5.41) is 0. The van der Waals surface area contributed by atoms with Crippen LogP contribution in [0.15, 0.2) is 18.2 Å². The molecule has 5 heteroatoms. The van der Waals surface area contributed by atoms with Gasteiger partial charge in [0.15, 0.2) is 0 Å². The molecule has 1 aromatic rings. The molecule has 1 aromatic carbocycles. The Morgan fingerprint density at radius 1 is 1.04 bits per heavy atom. The van der Waals surface area contributed by atoms with Crippen molar-refractivity contribution < 1.29 is 14.3 Å². The number of hydrogen-bond acceptors (Lipinski definition) is 3. The molecule has 0 aliphatic carbocycles. The highest BCUT2D eigenvalue weighted by Crippen LogP contribution is 2.24. The number of nitrogens with zero attached hydrogens (tertiary/aromatic N) is 2. The van der Waals surface area contributed by atoms with E-state index < -0.39 is 0 Å². The molecule has 2 fully saturated rings. The lowest BCUT2D eigenvalue weighted by Crippen LogP contribution is -2.50. The van der Waals surface area contributed by atoms with E-state index in [1.54, 1.807) is 11.8 Å². The molecule has 2 aliphatic rings. The number of piperidine rings is 1. The summed E-state index contributed by atoms with van der Waals surface area (Å²) in [5.74, 6) is 1.02. The van der Waals surface area contributed by atoms with Crippen molar-refractivity contribution in [1.29, 1.82) is 0 Å².